The Kier molecular flexibility index (Phi) is 7.57. The van der Waals surface area contributed by atoms with E-state index < -0.39 is 18.0 Å². The summed E-state index contributed by atoms with van der Waals surface area (Å²) in [5, 5.41) is 6.15. The fourth-order valence-corrected chi connectivity index (χ4v) is 3.78. The van der Waals surface area contributed by atoms with Crippen LogP contribution in [0, 0.1) is 6.92 Å². The first-order valence-electron chi connectivity index (χ1n) is 11.0. The summed E-state index contributed by atoms with van der Waals surface area (Å²) >= 11 is 3.41. The largest absolute Gasteiger partial charge is 0.481 e. The summed E-state index contributed by atoms with van der Waals surface area (Å²) in [6, 6.07) is 25.9. The summed E-state index contributed by atoms with van der Waals surface area (Å²) in [5.41, 5.74) is 4.40. The molecule has 0 aromatic heterocycles. The van der Waals surface area contributed by atoms with E-state index in [9.17, 15) is 9.59 Å². The lowest BCUT2D eigenvalue weighted by Crippen LogP contribution is -2.33. The average molecular weight is 531 g/mol. The van der Waals surface area contributed by atoms with Crippen molar-refractivity contribution in [2.24, 2.45) is 5.10 Å². The molecule has 6 nitrogen and oxygen atoms in total. The van der Waals surface area contributed by atoms with Crippen LogP contribution in [0.1, 0.15) is 28.4 Å². The zero-order valence-electron chi connectivity index (χ0n) is 19.2. The lowest BCUT2D eigenvalue weighted by molar-refractivity contribution is -0.127. The first-order chi connectivity index (χ1) is 16.9. The van der Waals surface area contributed by atoms with Crippen molar-refractivity contribution in [1.82, 2.24) is 5.43 Å². The SMILES string of the molecule is Cc1cccc(C(=O)Oc2ccc(Br)cc2/C=N\NC(=O)[C@@H](C)Oc2ccc3ccccc3c2)c1. The fourth-order valence-electron chi connectivity index (χ4n) is 3.40. The Morgan fingerprint density at radius 1 is 0.943 bits per heavy atom. The molecule has 0 aliphatic rings. The van der Waals surface area contributed by atoms with Gasteiger partial charge in [-0.2, -0.15) is 5.10 Å². The zero-order chi connectivity index (χ0) is 24.8. The number of aryl methyl sites for hydroxylation is 1. The molecule has 4 aromatic rings. The van der Waals surface area contributed by atoms with Gasteiger partial charge in [-0.1, -0.05) is 64.0 Å². The highest BCUT2D eigenvalue weighted by Crippen LogP contribution is 2.24. The van der Waals surface area contributed by atoms with Crippen molar-refractivity contribution in [3.8, 4) is 11.5 Å². The number of hydrazone groups is 1. The molecule has 0 saturated heterocycles. The van der Waals surface area contributed by atoms with Gasteiger partial charge in [0.25, 0.3) is 5.91 Å². The summed E-state index contributed by atoms with van der Waals surface area (Å²) in [6.07, 6.45) is 0.652. The van der Waals surface area contributed by atoms with Crippen molar-refractivity contribution < 1.29 is 19.1 Å². The standard InChI is InChI=1S/C28H23BrN2O4/c1-18-6-5-9-22(14-18)28(33)35-26-13-11-24(29)15-23(26)17-30-31-27(32)19(2)34-25-12-10-20-7-3-4-8-21(20)16-25/h3-17,19H,1-2H3,(H,31,32)/b30-17-/t19-/m1/s1. The van der Waals surface area contributed by atoms with Gasteiger partial charge < -0.3 is 9.47 Å². The molecule has 0 unspecified atom stereocenters. The van der Waals surface area contributed by atoms with E-state index in [0.717, 1.165) is 20.8 Å². The molecule has 4 aromatic carbocycles. The molecule has 1 atom stereocenters. The fraction of sp³-hybridized carbons (Fsp3) is 0.107. The van der Waals surface area contributed by atoms with Crippen molar-refractivity contribution >= 4 is 44.8 Å². The number of esters is 1. The highest BCUT2D eigenvalue weighted by Gasteiger charge is 2.15. The van der Waals surface area contributed by atoms with E-state index in [0.29, 0.717) is 22.6 Å². The monoisotopic (exact) mass is 530 g/mol. The number of amides is 1. The van der Waals surface area contributed by atoms with Crippen LogP contribution in [-0.4, -0.2) is 24.2 Å². The number of fused-ring (bicyclic) bond motifs is 1. The summed E-state index contributed by atoms with van der Waals surface area (Å²) < 4.78 is 12.1. The summed E-state index contributed by atoms with van der Waals surface area (Å²) in [4.78, 5) is 25.1. The molecule has 0 spiro atoms. The maximum atomic E-state index is 12.6. The number of nitrogens with one attached hydrogen (secondary N) is 1. The highest BCUT2D eigenvalue weighted by molar-refractivity contribution is 9.10. The predicted octanol–water partition coefficient (Wildman–Crippen LogP) is 6.05. The van der Waals surface area contributed by atoms with E-state index in [1.807, 2.05) is 55.5 Å². The molecule has 1 N–H and O–H groups in total. The lowest BCUT2D eigenvalue weighted by atomic mass is 10.1. The molecule has 176 valence electrons. The number of carbonyl (C=O) groups excluding carboxylic acids is 2. The summed E-state index contributed by atoms with van der Waals surface area (Å²) in [6.45, 7) is 3.55. The van der Waals surface area contributed by atoms with Gasteiger partial charge in [-0.3, -0.25) is 4.79 Å². The highest BCUT2D eigenvalue weighted by atomic mass is 79.9. The van der Waals surface area contributed by atoms with Crippen molar-refractivity contribution in [1.29, 1.82) is 0 Å². The Hall–Kier alpha value is -3.97. The van der Waals surface area contributed by atoms with E-state index in [4.69, 9.17) is 9.47 Å². The zero-order valence-corrected chi connectivity index (χ0v) is 20.8. The van der Waals surface area contributed by atoms with Crippen molar-refractivity contribution in [3.05, 3.63) is 106 Å². The van der Waals surface area contributed by atoms with Gasteiger partial charge in [0.2, 0.25) is 0 Å². The van der Waals surface area contributed by atoms with E-state index in [2.05, 4.69) is 26.5 Å². The average Bonchev–Trinajstić information content (AvgIpc) is 2.85. The number of benzene rings is 4. The molecule has 0 bridgehead atoms. The van der Waals surface area contributed by atoms with Gasteiger partial charge in [-0.05, 0) is 67.1 Å². The molecule has 0 heterocycles. The smallest absolute Gasteiger partial charge is 0.343 e. The third-order valence-electron chi connectivity index (χ3n) is 5.21. The Morgan fingerprint density at radius 3 is 2.54 bits per heavy atom. The Morgan fingerprint density at radius 2 is 1.74 bits per heavy atom. The number of hydrogen-bond acceptors (Lipinski definition) is 5. The summed E-state index contributed by atoms with van der Waals surface area (Å²) in [5.74, 6) is 0.0145. The van der Waals surface area contributed by atoms with E-state index in [1.54, 1.807) is 43.3 Å². The van der Waals surface area contributed by atoms with Crippen molar-refractivity contribution in [3.63, 3.8) is 0 Å². The third-order valence-corrected chi connectivity index (χ3v) is 5.70. The molecule has 0 fully saturated rings. The van der Waals surface area contributed by atoms with Gasteiger partial charge in [0.05, 0.1) is 11.8 Å². The van der Waals surface area contributed by atoms with Crippen LogP contribution in [0.3, 0.4) is 0 Å². The first-order valence-corrected chi connectivity index (χ1v) is 11.7. The van der Waals surface area contributed by atoms with Crippen LogP contribution in [0.25, 0.3) is 10.8 Å². The second-order valence-corrected chi connectivity index (χ2v) is 8.86. The minimum Gasteiger partial charge on any atom is -0.481 e. The summed E-state index contributed by atoms with van der Waals surface area (Å²) in [7, 11) is 0. The van der Waals surface area contributed by atoms with Crippen LogP contribution in [0.15, 0.2) is 94.5 Å². The maximum absolute atomic E-state index is 12.6. The Labute approximate surface area is 211 Å². The van der Waals surface area contributed by atoms with Gasteiger partial charge in [-0.25, -0.2) is 10.2 Å². The van der Waals surface area contributed by atoms with Gasteiger partial charge in [0, 0.05) is 10.0 Å². The molecule has 0 saturated carbocycles. The van der Waals surface area contributed by atoms with Crippen molar-refractivity contribution in [2.45, 2.75) is 20.0 Å². The number of ether oxygens (including phenoxy) is 2. The minimum absolute atomic E-state index is 0.318. The van der Waals surface area contributed by atoms with E-state index in [1.165, 1.54) is 6.21 Å². The molecule has 0 aliphatic carbocycles. The van der Waals surface area contributed by atoms with Gasteiger partial charge >= 0.3 is 5.97 Å². The molecule has 35 heavy (non-hydrogen) atoms. The molecule has 4 rings (SSSR count). The quantitative estimate of drug-likeness (QED) is 0.136. The van der Waals surface area contributed by atoms with Gasteiger partial charge in [-0.15, -0.1) is 0 Å². The van der Waals surface area contributed by atoms with Crippen LogP contribution in [0.4, 0.5) is 0 Å². The molecule has 1 amide bonds. The first kappa shape index (κ1) is 24.2. The van der Waals surface area contributed by atoms with E-state index in [-0.39, 0.29) is 0 Å². The molecular weight excluding hydrogens is 508 g/mol. The molecular formula is C28H23BrN2O4. The van der Waals surface area contributed by atoms with Crippen LogP contribution in [-0.2, 0) is 4.79 Å². The van der Waals surface area contributed by atoms with Gasteiger partial charge in [0.15, 0.2) is 6.10 Å². The predicted molar refractivity (Wildman–Crippen MR) is 140 cm³/mol. The van der Waals surface area contributed by atoms with E-state index >= 15 is 0 Å². The molecule has 7 heteroatoms. The third kappa shape index (κ3) is 6.33. The normalized spacial score (nSPS) is 11.9. The number of hydrogen-bond donors (Lipinski definition) is 1. The molecule has 0 aliphatic heterocycles. The number of carbonyl (C=O) groups is 2. The molecule has 0 radical (unpaired) electrons. The number of halogens is 1. The minimum atomic E-state index is -0.769. The number of nitrogens with zero attached hydrogens (tertiary/aromatic N) is 1. The van der Waals surface area contributed by atoms with Crippen LogP contribution >= 0.6 is 15.9 Å². The van der Waals surface area contributed by atoms with Gasteiger partial charge in [0.1, 0.15) is 11.5 Å². The Balaban J connectivity index is 1.41. The topological polar surface area (TPSA) is 77.0 Å². The van der Waals surface area contributed by atoms with Crippen LogP contribution in [0.2, 0.25) is 0 Å². The van der Waals surface area contributed by atoms with Crippen LogP contribution < -0.4 is 14.9 Å². The van der Waals surface area contributed by atoms with Crippen molar-refractivity contribution in [2.75, 3.05) is 0 Å². The van der Waals surface area contributed by atoms with Crippen LogP contribution in [0.5, 0.6) is 11.5 Å². The number of rotatable bonds is 7. The Bertz CT molecular complexity index is 1420. The lowest BCUT2D eigenvalue weighted by Gasteiger charge is -2.13. The second-order valence-electron chi connectivity index (χ2n) is 7.94. The second kappa shape index (κ2) is 11.0. The maximum Gasteiger partial charge on any atom is 0.343 e.